The minimum atomic E-state index is -0.512. The fraction of sp³-hybridized carbons (Fsp3) is 0.643. The van der Waals surface area contributed by atoms with Gasteiger partial charge in [0, 0.05) is 26.6 Å². The third-order valence-corrected chi connectivity index (χ3v) is 5.23. The number of amides is 3. The van der Waals surface area contributed by atoms with Gasteiger partial charge in [0.2, 0.25) is 5.91 Å². The smallest absolute Gasteiger partial charge is 0.323 e. The Morgan fingerprint density at radius 1 is 1.45 bits per heavy atom. The molecule has 0 aromatic carbocycles. The molecule has 1 aromatic heterocycles. The van der Waals surface area contributed by atoms with Crippen LogP contribution in [0.1, 0.15) is 23.9 Å². The number of nitrogens with one attached hydrogen (secondary N) is 2. The minimum Gasteiger partial charge on any atom is -0.375 e. The molecule has 0 aliphatic carbocycles. The lowest BCUT2D eigenvalue weighted by Crippen LogP contribution is -2.41. The molecule has 2 N–H and O–H groups in total. The van der Waals surface area contributed by atoms with E-state index in [-0.39, 0.29) is 11.9 Å². The van der Waals surface area contributed by atoms with E-state index in [4.69, 9.17) is 4.74 Å². The zero-order chi connectivity index (χ0) is 15.7. The first kappa shape index (κ1) is 15.2. The first-order valence-corrected chi connectivity index (χ1v) is 8.18. The summed E-state index contributed by atoms with van der Waals surface area (Å²) in [5.74, 6) is -0.0235. The van der Waals surface area contributed by atoms with E-state index in [1.807, 2.05) is 6.92 Å². The lowest BCUT2D eigenvalue weighted by atomic mass is 9.89. The summed E-state index contributed by atoms with van der Waals surface area (Å²) in [5, 5.41) is 6.12. The second kappa shape index (κ2) is 5.85. The summed E-state index contributed by atoms with van der Waals surface area (Å²) in [6.45, 7) is 4.14. The highest BCUT2D eigenvalue weighted by Gasteiger charge is 2.41. The van der Waals surface area contributed by atoms with Gasteiger partial charge in [-0.2, -0.15) is 0 Å². The van der Waals surface area contributed by atoms with Gasteiger partial charge in [-0.3, -0.25) is 10.1 Å². The van der Waals surface area contributed by atoms with Gasteiger partial charge in [-0.15, -0.1) is 0 Å². The number of likely N-dealkylation sites (tertiary alicyclic amines) is 1. The molecule has 0 radical (unpaired) electrons. The third kappa shape index (κ3) is 2.80. The van der Waals surface area contributed by atoms with Crippen LogP contribution in [0.15, 0.2) is 0 Å². The van der Waals surface area contributed by atoms with E-state index in [0.29, 0.717) is 37.9 Å². The summed E-state index contributed by atoms with van der Waals surface area (Å²) in [5.41, 5.74) is 0.505. The lowest BCUT2D eigenvalue weighted by molar-refractivity contribution is -0.128. The molecule has 1 saturated heterocycles. The predicted molar refractivity (Wildman–Crippen MR) is 82.9 cm³/mol. The molecule has 8 heteroatoms. The highest BCUT2D eigenvalue weighted by molar-refractivity contribution is 7.15. The van der Waals surface area contributed by atoms with Gasteiger partial charge in [0.15, 0.2) is 5.13 Å². The van der Waals surface area contributed by atoms with E-state index in [2.05, 4.69) is 15.6 Å². The Morgan fingerprint density at radius 3 is 3.00 bits per heavy atom. The van der Waals surface area contributed by atoms with Gasteiger partial charge in [0.25, 0.3) is 0 Å². The summed E-state index contributed by atoms with van der Waals surface area (Å²) in [6.07, 6.45) is 1.46. The Balaban J connectivity index is 1.63. The maximum atomic E-state index is 12.3. The lowest BCUT2D eigenvalue weighted by Gasteiger charge is -2.22. The molecular formula is C14H20N4O3S. The number of carbonyl (C=O) groups is 2. The molecule has 3 heterocycles. The molecule has 1 fully saturated rings. The van der Waals surface area contributed by atoms with Crippen LogP contribution in [0.5, 0.6) is 0 Å². The van der Waals surface area contributed by atoms with Crippen LogP contribution in [0, 0.1) is 5.41 Å². The zero-order valence-corrected chi connectivity index (χ0v) is 13.6. The quantitative estimate of drug-likeness (QED) is 0.856. The Morgan fingerprint density at radius 2 is 2.27 bits per heavy atom. The fourth-order valence-corrected chi connectivity index (χ4v) is 3.81. The van der Waals surface area contributed by atoms with Crippen molar-refractivity contribution in [1.29, 1.82) is 0 Å². The van der Waals surface area contributed by atoms with Crippen LogP contribution >= 0.6 is 11.3 Å². The van der Waals surface area contributed by atoms with Crippen molar-refractivity contribution >= 4 is 28.4 Å². The molecular weight excluding hydrogens is 304 g/mol. The number of thiazole rings is 1. The number of urea groups is 1. The van der Waals surface area contributed by atoms with Crippen molar-refractivity contribution in [3.8, 4) is 0 Å². The second-order valence-corrected chi connectivity index (χ2v) is 7.02. The minimum absolute atomic E-state index is 0.0235. The van der Waals surface area contributed by atoms with Crippen molar-refractivity contribution < 1.29 is 14.3 Å². The number of rotatable bonds is 2. The molecule has 0 spiro atoms. The molecule has 3 rings (SSSR count). The van der Waals surface area contributed by atoms with Crippen LogP contribution in [-0.2, 0) is 22.6 Å². The van der Waals surface area contributed by atoms with Crippen LogP contribution < -0.4 is 10.6 Å². The number of nitrogens with zero attached hydrogens (tertiary/aromatic N) is 2. The van der Waals surface area contributed by atoms with Crippen molar-refractivity contribution in [3.63, 3.8) is 0 Å². The van der Waals surface area contributed by atoms with Crippen molar-refractivity contribution in [1.82, 2.24) is 15.2 Å². The Kier molecular flexibility index (Phi) is 4.05. The van der Waals surface area contributed by atoms with E-state index in [1.54, 1.807) is 11.9 Å². The summed E-state index contributed by atoms with van der Waals surface area (Å²) in [6, 6.07) is -0.195. The molecule has 22 heavy (non-hydrogen) atoms. The molecule has 120 valence electrons. The van der Waals surface area contributed by atoms with Crippen LogP contribution in [-0.4, -0.2) is 48.6 Å². The fourth-order valence-electron chi connectivity index (χ4n) is 2.87. The van der Waals surface area contributed by atoms with Crippen LogP contribution in [0.2, 0.25) is 0 Å². The average Bonchev–Trinajstić information content (AvgIpc) is 3.10. The number of fused-ring (bicyclic) bond motifs is 1. The second-order valence-electron chi connectivity index (χ2n) is 5.93. The molecule has 3 amide bonds. The molecule has 2 aliphatic heterocycles. The Hall–Kier alpha value is -1.67. The van der Waals surface area contributed by atoms with Crippen molar-refractivity contribution in [2.24, 2.45) is 5.41 Å². The van der Waals surface area contributed by atoms with Crippen LogP contribution in [0.3, 0.4) is 0 Å². The number of carbonyl (C=O) groups excluding carboxylic acids is 2. The van der Waals surface area contributed by atoms with Crippen LogP contribution in [0.25, 0.3) is 0 Å². The summed E-state index contributed by atoms with van der Waals surface area (Å²) < 4.78 is 5.38. The topological polar surface area (TPSA) is 83.6 Å². The van der Waals surface area contributed by atoms with E-state index >= 15 is 0 Å². The molecule has 7 nitrogen and oxygen atoms in total. The number of hydrogen-bond donors (Lipinski definition) is 2. The van der Waals surface area contributed by atoms with Gasteiger partial charge in [0.05, 0.1) is 29.2 Å². The highest BCUT2D eigenvalue weighted by atomic mass is 32.1. The monoisotopic (exact) mass is 324 g/mol. The van der Waals surface area contributed by atoms with Gasteiger partial charge in [-0.1, -0.05) is 11.3 Å². The summed E-state index contributed by atoms with van der Waals surface area (Å²) in [7, 11) is 1.62. The van der Waals surface area contributed by atoms with Crippen LogP contribution in [0.4, 0.5) is 9.93 Å². The van der Waals surface area contributed by atoms with E-state index < -0.39 is 5.41 Å². The van der Waals surface area contributed by atoms with Crippen molar-refractivity contribution in [2.75, 3.05) is 32.1 Å². The maximum Gasteiger partial charge on any atom is 0.323 e. The summed E-state index contributed by atoms with van der Waals surface area (Å²) in [4.78, 5) is 31.5. The largest absolute Gasteiger partial charge is 0.375 e. The maximum absolute atomic E-state index is 12.3. The molecule has 1 unspecified atom stereocenters. The van der Waals surface area contributed by atoms with Gasteiger partial charge in [-0.05, 0) is 13.3 Å². The molecule has 0 saturated carbocycles. The molecule has 1 atom stereocenters. The molecule has 1 aromatic rings. The van der Waals surface area contributed by atoms with E-state index in [1.165, 1.54) is 11.3 Å². The first-order valence-electron chi connectivity index (χ1n) is 7.36. The van der Waals surface area contributed by atoms with Gasteiger partial charge in [0.1, 0.15) is 0 Å². The first-order chi connectivity index (χ1) is 10.5. The van der Waals surface area contributed by atoms with Gasteiger partial charge >= 0.3 is 6.03 Å². The van der Waals surface area contributed by atoms with E-state index in [0.717, 1.165) is 17.0 Å². The van der Waals surface area contributed by atoms with Gasteiger partial charge in [-0.25, -0.2) is 9.78 Å². The number of hydrogen-bond acceptors (Lipinski definition) is 5. The highest BCUT2D eigenvalue weighted by Crippen LogP contribution is 2.31. The molecule has 0 bridgehead atoms. The Bertz CT molecular complexity index is 579. The molecule has 2 aliphatic rings. The predicted octanol–water partition coefficient (Wildman–Crippen LogP) is 1.21. The zero-order valence-electron chi connectivity index (χ0n) is 12.8. The number of ether oxygens (including phenoxy) is 1. The summed E-state index contributed by atoms with van der Waals surface area (Å²) >= 11 is 1.46. The normalized spacial score (nSPS) is 24.0. The third-order valence-electron chi connectivity index (χ3n) is 4.24. The van der Waals surface area contributed by atoms with E-state index in [9.17, 15) is 9.59 Å². The SMILES string of the molecule is CNC(=O)C1(C)CCN(C(=O)Nc2nc3c(s2)COCC3)C1. The van der Waals surface area contributed by atoms with Crippen molar-refractivity contribution in [3.05, 3.63) is 10.6 Å². The standard InChI is InChI=1S/C14H20N4O3S/c1-14(11(19)15-2)4-5-18(8-14)13(20)17-12-16-9-3-6-21-7-10(9)22-12/h3-8H2,1-2H3,(H,15,19)(H,16,17,20). The number of anilines is 1. The number of aromatic nitrogens is 1. The Labute approximate surface area is 133 Å². The van der Waals surface area contributed by atoms with Crippen molar-refractivity contribution in [2.45, 2.75) is 26.4 Å². The van der Waals surface area contributed by atoms with Gasteiger partial charge < -0.3 is 15.0 Å². The average molecular weight is 324 g/mol.